The number of aromatic nitrogens is 7. The first-order chi connectivity index (χ1) is 18.9. The summed E-state index contributed by atoms with van der Waals surface area (Å²) < 4.78 is 29.9. The maximum Gasteiger partial charge on any atom is 0.408 e. The molecule has 13 nitrogen and oxygen atoms in total. The van der Waals surface area contributed by atoms with Crippen LogP contribution in [0.4, 0.5) is 21.0 Å². The molecule has 0 spiro atoms. The van der Waals surface area contributed by atoms with E-state index in [0.717, 1.165) is 43.8 Å². The molecule has 2 saturated heterocycles. The Bertz CT molecular complexity index is 1480. The highest BCUT2D eigenvalue weighted by Gasteiger charge is 2.44. The lowest BCUT2D eigenvalue weighted by atomic mass is 10.1. The molecule has 4 aromatic heterocycles. The molecule has 4 aromatic rings. The molecule has 0 bridgehead atoms. The number of fused-ring (bicyclic) bond motifs is 1. The van der Waals surface area contributed by atoms with E-state index in [2.05, 4.69) is 35.8 Å². The number of ether oxygens (including phenoxy) is 2. The van der Waals surface area contributed by atoms with Gasteiger partial charge in [-0.15, -0.1) is 0 Å². The summed E-state index contributed by atoms with van der Waals surface area (Å²) in [5.74, 6) is 0.975. The van der Waals surface area contributed by atoms with Crippen molar-refractivity contribution in [3.05, 3.63) is 54.4 Å². The number of amides is 1. The van der Waals surface area contributed by atoms with E-state index in [0.29, 0.717) is 23.5 Å². The number of rotatable bonds is 8. The Hall–Kier alpha value is -4.04. The lowest BCUT2D eigenvalue weighted by molar-refractivity contribution is 0.0604. The molecule has 0 unspecified atom stereocenters. The van der Waals surface area contributed by atoms with Gasteiger partial charge in [-0.1, -0.05) is 0 Å². The van der Waals surface area contributed by atoms with Crippen LogP contribution in [0.2, 0.25) is 0 Å². The van der Waals surface area contributed by atoms with Crippen LogP contribution in [0.15, 0.2) is 43.0 Å². The summed E-state index contributed by atoms with van der Waals surface area (Å²) in [7, 11) is 0. The number of aromatic amines is 1. The van der Waals surface area contributed by atoms with Crippen molar-refractivity contribution in [2.45, 2.75) is 56.3 Å². The molecule has 1 aliphatic carbocycles. The Balaban J connectivity index is 0.982. The first-order valence-electron chi connectivity index (χ1n) is 13.0. The molecule has 0 aromatic carbocycles. The van der Waals surface area contributed by atoms with E-state index in [4.69, 9.17) is 14.5 Å². The average molecular weight is 537 g/mol. The lowest BCUT2D eigenvalue weighted by Gasteiger charge is -2.38. The number of likely N-dealkylation sites (tertiary alicyclic amines) is 1. The van der Waals surface area contributed by atoms with Gasteiger partial charge < -0.3 is 20.1 Å². The van der Waals surface area contributed by atoms with Crippen LogP contribution in [0.5, 0.6) is 0 Å². The fourth-order valence-electron chi connectivity index (χ4n) is 5.03. The van der Waals surface area contributed by atoms with Gasteiger partial charge in [-0.3, -0.25) is 19.1 Å². The van der Waals surface area contributed by atoms with Crippen molar-refractivity contribution in [2.24, 2.45) is 0 Å². The molecule has 3 atom stereocenters. The maximum atomic E-state index is 15.1. The average Bonchev–Trinajstić information content (AvgIpc) is 3.42. The summed E-state index contributed by atoms with van der Waals surface area (Å²) in [5.41, 5.74) is 1.88. The Morgan fingerprint density at radius 3 is 3.00 bits per heavy atom. The SMILES string of the molecule is CC1(NC(=O)O[C@@H]2CO[C@H](c3cc(Nc4nccc5nc(CN6CC(n7cccn7)C6)cn45)n[nH]3)[C@H]2F)CC1. The van der Waals surface area contributed by atoms with Gasteiger partial charge in [0.1, 0.15) is 11.8 Å². The third-order valence-corrected chi connectivity index (χ3v) is 7.54. The van der Waals surface area contributed by atoms with Gasteiger partial charge >= 0.3 is 6.09 Å². The number of carbonyl (C=O) groups is 1. The van der Waals surface area contributed by atoms with E-state index in [1.807, 2.05) is 40.5 Å². The summed E-state index contributed by atoms with van der Waals surface area (Å²) in [5, 5.41) is 17.4. The highest BCUT2D eigenvalue weighted by Crippen LogP contribution is 2.36. The molecule has 6 heterocycles. The molecule has 7 rings (SSSR count). The van der Waals surface area contributed by atoms with Gasteiger partial charge in [-0.05, 0) is 31.9 Å². The number of nitrogens with zero attached hydrogens (tertiary/aromatic N) is 7. The highest BCUT2D eigenvalue weighted by molar-refractivity contribution is 5.69. The van der Waals surface area contributed by atoms with E-state index in [9.17, 15) is 4.79 Å². The first kappa shape index (κ1) is 24.0. The van der Waals surface area contributed by atoms with Crippen molar-refractivity contribution in [3.8, 4) is 0 Å². The van der Waals surface area contributed by atoms with Crippen molar-refractivity contribution >= 4 is 23.5 Å². The smallest absolute Gasteiger partial charge is 0.408 e. The number of nitrogens with one attached hydrogen (secondary N) is 3. The molecule has 3 N–H and O–H groups in total. The molecule has 2 aliphatic heterocycles. The molecule has 0 radical (unpaired) electrons. The number of anilines is 2. The Labute approximate surface area is 222 Å². The van der Waals surface area contributed by atoms with Gasteiger partial charge in [0.25, 0.3) is 0 Å². The van der Waals surface area contributed by atoms with Crippen LogP contribution < -0.4 is 10.6 Å². The van der Waals surface area contributed by atoms with Crippen molar-refractivity contribution in [2.75, 3.05) is 25.0 Å². The molecular formula is C25H29FN10O3. The maximum absolute atomic E-state index is 15.1. The largest absolute Gasteiger partial charge is 0.441 e. The normalized spacial score (nSPS) is 24.5. The van der Waals surface area contributed by atoms with Gasteiger partial charge in [0.15, 0.2) is 18.1 Å². The third kappa shape index (κ3) is 4.81. The Kier molecular flexibility index (Phi) is 5.74. The zero-order valence-corrected chi connectivity index (χ0v) is 21.3. The monoisotopic (exact) mass is 536 g/mol. The summed E-state index contributed by atoms with van der Waals surface area (Å²) >= 11 is 0. The minimum Gasteiger partial charge on any atom is -0.441 e. The number of hydrogen-bond donors (Lipinski definition) is 3. The zero-order chi connectivity index (χ0) is 26.6. The highest BCUT2D eigenvalue weighted by atomic mass is 19.1. The van der Waals surface area contributed by atoms with Gasteiger partial charge in [0.05, 0.1) is 24.0 Å². The van der Waals surface area contributed by atoms with E-state index in [1.165, 1.54) is 0 Å². The number of H-pyrrole nitrogens is 1. The van der Waals surface area contributed by atoms with Gasteiger partial charge in [0, 0.05) is 56.0 Å². The van der Waals surface area contributed by atoms with Gasteiger partial charge in [-0.25, -0.2) is 19.2 Å². The molecule has 1 amide bonds. The fraction of sp³-hybridized carbons (Fsp3) is 0.480. The number of alkyl halides is 1. The number of imidazole rings is 1. The van der Waals surface area contributed by atoms with Crippen molar-refractivity contribution in [1.29, 1.82) is 0 Å². The minimum atomic E-state index is -1.52. The molecule has 3 fully saturated rings. The predicted octanol–water partition coefficient (Wildman–Crippen LogP) is 2.51. The number of halogens is 1. The van der Waals surface area contributed by atoms with Crippen LogP contribution >= 0.6 is 0 Å². The standard InChI is InChI=1S/C25H29FN10O3/c1-25(4-5-25)31-24(37)39-18-14-38-22(21(18)26)17-9-19(33-32-17)30-23-27-7-3-20-29-15(11-35(20)23)10-34-12-16(13-34)36-8-2-6-28-36/h2-3,6-9,11,16,18,21-22H,4-5,10,12-14H2,1H3,(H,31,37)(H2,27,30,32,33)/t18-,21+,22-/m1/s1. The van der Waals surface area contributed by atoms with E-state index < -0.39 is 24.5 Å². The van der Waals surface area contributed by atoms with Crippen molar-refractivity contribution in [1.82, 2.24) is 44.6 Å². The van der Waals surface area contributed by atoms with Gasteiger partial charge in [0.2, 0.25) is 5.95 Å². The quantitative estimate of drug-likeness (QED) is 0.310. The van der Waals surface area contributed by atoms with Crippen molar-refractivity contribution < 1.29 is 18.7 Å². The fourth-order valence-corrected chi connectivity index (χ4v) is 5.03. The second kappa shape index (κ2) is 9.31. The Morgan fingerprint density at radius 2 is 2.21 bits per heavy atom. The zero-order valence-electron chi connectivity index (χ0n) is 21.3. The molecule has 3 aliphatic rings. The van der Waals surface area contributed by atoms with Crippen LogP contribution in [0, 0.1) is 0 Å². The number of hydrogen-bond acceptors (Lipinski definition) is 9. The van der Waals surface area contributed by atoms with Crippen LogP contribution in [-0.4, -0.2) is 82.9 Å². The molecule has 14 heteroatoms. The van der Waals surface area contributed by atoms with Gasteiger partial charge in [-0.2, -0.15) is 10.2 Å². The van der Waals surface area contributed by atoms with E-state index in [-0.39, 0.29) is 12.1 Å². The summed E-state index contributed by atoms with van der Waals surface area (Å²) in [6.45, 7) is 4.46. The molecule has 39 heavy (non-hydrogen) atoms. The van der Waals surface area contributed by atoms with Crippen molar-refractivity contribution in [3.63, 3.8) is 0 Å². The van der Waals surface area contributed by atoms with Crippen LogP contribution in [0.25, 0.3) is 5.65 Å². The van der Waals surface area contributed by atoms with E-state index >= 15 is 4.39 Å². The number of alkyl carbamates (subject to hydrolysis) is 1. The molecular weight excluding hydrogens is 507 g/mol. The van der Waals surface area contributed by atoms with Crippen LogP contribution in [-0.2, 0) is 16.0 Å². The summed E-state index contributed by atoms with van der Waals surface area (Å²) in [6, 6.07) is 5.84. The lowest BCUT2D eigenvalue weighted by Crippen LogP contribution is -2.47. The second-order valence-corrected chi connectivity index (χ2v) is 10.7. The summed E-state index contributed by atoms with van der Waals surface area (Å²) in [6.07, 6.45) is 5.14. The van der Waals surface area contributed by atoms with Crippen LogP contribution in [0.1, 0.15) is 43.3 Å². The third-order valence-electron chi connectivity index (χ3n) is 7.54. The topological polar surface area (TPSA) is 140 Å². The Morgan fingerprint density at radius 1 is 1.33 bits per heavy atom. The molecule has 1 saturated carbocycles. The van der Waals surface area contributed by atoms with E-state index in [1.54, 1.807) is 18.5 Å². The minimum absolute atomic E-state index is 0.0316. The predicted molar refractivity (Wildman–Crippen MR) is 136 cm³/mol. The first-order valence-corrected chi connectivity index (χ1v) is 13.0. The van der Waals surface area contributed by atoms with Crippen LogP contribution in [0.3, 0.4) is 0 Å². The second-order valence-electron chi connectivity index (χ2n) is 10.7. The summed E-state index contributed by atoms with van der Waals surface area (Å²) in [4.78, 5) is 23.6. The molecule has 204 valence electrons. The number of carbonyl (C=O) groups excluding carboxylic acids is 1.